The zero-order valence-electron chi connectivity index (χ0n) is 11.3. The van der Waals surface area contributed by atoms with Crippen molar-refractivity contribution in [1.82, 2.24) is 10.0 Å². The van der Waals surface area contributed by atoms with Gasteiger partial charge in [-0.15, -0.1) is 0 Å². The summed E-state index contributed by atoms with van der Waals surface area (Å²) >= 11 is 0. The summed E-state index contributed by atoms with van der Waals surface area (Å²) < 4.78 is 32.1. The second kappa shape index (κ2) is 4.93. The Morgan fingerprint density at radius 2 is 2.05 bits per heavy atom. The number of nitrogens with one attached hydrogen (secondary N) is 2. The Kier molecular flexibility index (Phi) is 3.34. The maximum Gasteiger partial charge on any atom is 0.312 e. The number of nitro groups is 1. The molecule has 1 heterocycles. The van der Waals surface area contributed by atoms with Crippen molar-refractivity contribution in [2.45, 2.75) is 10.9 Å². The monoisotopic (exact) mass is 313 g/mol. The second-order valence-corrected chi connectivity index (χ2v) is 6.94. The first-order valence-corrected chi connectivity index (χ1v) is 7.98. The van der Waals surface area contributed by atoms with Gasteiger partial charge in [-0.2, -0.15) is 0 Å². The Hall–Kier alpha value is -1.71. The molecular formula is C12H15N3O5S. The van der Waals surface area contributed by atoms with Gasteiger partial charge in [0.25, 0.3) is 0 Å². The number of ether oxygens (including phenoxy) is 1. The predicted octanol–water partition coefficient (Wildman–Crippen LogP) is 0.0995. The van der Waals surface area contributed by atoms with E-state index < -0.39 is 14.9 Å². The van der Waals surface area contributed by atoms with E-state index in [0.29, 0.717) is 11.8 Å². The average molecular weight is 313 g/mol. The minimum absolute atomic E-state index is 0.0337. The fourth-order valence-corrected chi connectivity index (χ4v) is 4.18. The Morgan fingerprint density at radius 3 is 2.62 bits per heavy atom. The molecule has 8 nitrogen and oxygen atoms in total. The average Bonchev–Trinajstić information content (AvgIpc) is 2.88. The van der Waals surface area contributed by atoms with Crippen molar-refractivity contribution in [2.75, 3.05) is 20.2 Å². The van der Waals surface area contributed by atoms with E-state index in [1.165, 1.54) is 19.2 Å². The van der Waals surface area contributed by atoms with Crippen LogP contribution in [-0.2, 0) is 10.0 Å². The number of benzene rings is 1. The van der Waals surface area contributed by atoms with Crippen molar-refractivity contribution < 1.29 is 18.1 Å². The lowest BCUT2D eigenvalue weighted by Gasteiger charge is -2.09. The second-order valence-electron chi connectivity index (χ2n) is 5.22. The minimum atomic E-state index is -3.76. The number of nitrogens with zero attached hydrogens (tertiary/aromatic N) is 1. The molecule has 2 unspecified atom stereocenters. The standard InChI is InChI=1S/C12H15N3O5S/c1-20-11-3-2-7(4-10(11)15(16)17)21(18,19)14-12-8-5-13-6-9(8)12/h2-4,8-9,12-14H,5-6H2,1H3. The predicted molar refractivity (Wildman–Crippen MR) is 73.6 cm³/mol. The molecule has 1 aliphatic heterocycles. The van der Waals surface area contributed by atoms with Crippen LogP contribution in [0.3, 0.4) is 0 Å². The first-order chi connectivity index (χ1) is 9.94. The van der Waals surface area contributed by atoms with Crippen LogP contribution in [0.25, 0.3) is 0 Å². The van der Waals surface area contributed by atoms with Gasteiger partial charge in [0, 0.05) is 12.1 Å². The number of piperidine rings is 1. The quantitative estimate of drug-likeness (QED) is 0.589. The van der Waals surface area contributed by atoms with E-state index in [-0.39, 0.29) is 22.4 Å². The largest absolute Gasteiger partial charge is 0.490 e. The number of rotatable bonds is 5. The van der Waals surface area contributed by atoms with Crippen LogP contribution in [0.4, 0.5) is 5.69 Å². The molecule has 1 saturated carbocycles. The number of hydrogen-bond donors (Lipinski definition) is 2. The highest BCUT2D eigenvalue weighted by Crippen LogP contribution is 2.42. The number of hydrogen-bond acceptors (Lipinski definition) is 6. The van der Waals surface area contributed by atoms with E-state index in [0.717, 1.165) is 19.2 Å². The zero-order chi connectivity index (χ0) is 15.2. The maximum absolute atomic E-state index is 12.3. The van der Waals surface area contributed by atoms with Crippen molar-refractivity contribution in [3.8, 4) is 5.75 Å². The van der Waals surface area contributed by atoms with Gasteiger partial charge < -0.3 is 10.1 Å². The van der Waals surface area contributed by atoms with E-state index in [4.69, 9.17) is 4.74 Å². The van der Waals surface area contributed by atoms with E-state index in [1.807, 2.05) is 0 Å². The van der Waals surface area contributed by atoms with Crippen LogP contribution in [-0.4, -0.2) is 39.6 Å². The summed E-state index contributed by atoms with van der Waals surface area (Å²) in [4.78, 5) is 10.2. The van der Waals surface area contributed by atoms with Gasteiger partial charge in [-0.05, 0) is 37.1 Å². The highest BCUT2D eigenvalue weighted by Gasteiger charge is 2.54. The van der Waals surface area contributed by atoms with Gasteiger partial charge in [-0.25, -0.2) is 13.1 Å². The summed E-state index contributed by atoms with van der Waals surface area (Å²) in [6.45, 7) is 1.61. The molecule has 3 rings (SSSR count). The molecule has 114 valence electrons. The molecule has 0 spiro atoms. The molecule has 21 heavy (non-hydrogen) atoms. The van der Waals surface area contributed by atoms with Gasteiger partial charge in [-0.1, -0.05) is 0 Å². The molecule has 1 aromatic rings. The third-order valence-electron chi connectivity index (χ3n) is 4.04. The fraction of sp³-hybridized carbons (Fsp3) is 0.500. The summed E-state index contributed by atoms with van der Waals surface area (Å²) in [7, 11) is -2.46. The van der Waals surface area contributed by atoms with Crippen molar-refractivity contribution in [3.63, 3.8) is 0 Å². The summed E-state index contributed by atoms with van der Waals surface area (Å²) in [6, 6.07) is 3.56. The third kappa shape index (κ3) is 2.47. The molecule has 0 bridgehead atoms. The molecular weight excluding hydrogens is 298 g/mol. The maximum atomic E-state index is 12.3. The Balaban J connectivity index is 1.85. The van der Waals surface area contributed by atoms with Crippen LogP contribution in [0.15, 0.2) is 23.1 Å². The van der Waals surface area contributed by atoms with Crippen LogP contribution in [0.1, 0.15) is 0 Å². The molecule has 2 fully saturated rings. The highest BCUT2D eigenvalue weighted by molar-refractivity contribution is 7.89. The number of sulfonamides is 1. The Labute approximate surface area is 121 Å². The Bertz CT molecular complexity index is 680. The molecule has 0 aromatic heterocycles. The number of fused-ring (bicyclic) bond motifs is 1. The normalized spacial score (nSPS) is 27.2. The van der Waals surface area contributed by atoms with Crippen LogP contribution in [0.2, 0.25) is 0 Å². The molecule has 1 saturated heterocycles. The van der Waals surface area contributed by atoms with Crippen LogP contribution >= 0.6 is 0 Å². The van der Waals surface area contributed by atoms with E-state index >= 15 is 0 Å². The molecule has 0 amide bonds. The van der Waals surface area contributed by atoms with Crippen molar-refractivity contribution >= 4 is 15.7 Å². The fourth-order valence-electron chi connectivity index (χ4n) is 2.82. The van der Waals surface area contributed by atoms with Crippen LogP contribution in [0, 0.1) is 22.0 Å². The molecule has 2 atom stereocenters. The third-order valence-corrected chi connectivity index (χ3v) is 5.50. The van der Waals surface area contributed by atoms with Gasteiger partial charge in [-0.3, -0.25) is 10.1 Å². The van der Waals surface area contributed by atoms with Crippen molar-refractivity contribution in [3.05, 3.63) is 28.3 Å². The van der Waals surface area contributed by atoms with E-state index in [9.17, 15) is 18.5 Å². The highest BCUT2D eigenvalue weighted by atomic mass is 32.2. The summed E-state index contributed by atoms with van der Waals surface area (Å²) in [5.41, 5.74) is -0.363. The lowest BCUT2D eigenvalue weighted by molar-refractivity contribution is -0.386. The van der Waals surface area contributed by atoms with Gasteiger partial charge in [0.05, 0.1) is 16.9 Å². The first-order valence-electron chi connectivity index (χ1n) is 6.49. The first kappa shape index (κ1) is 14.2. The molecule has 1 aromatic carbocycles. The van der Waals surface area contributed by atoms with Gasteiger partial charge >= 0.3 is 5.69 Å². The SMILES string of the molecule is COc1ccc(S(=O)(=O)NC2C3CNCC32)cc1[N+](=O)[O-]. The molecule has 1 aliphatic carbocycles. The van der Waals surface area contributed by atoms with Gasteiger partial charge in [0.2, 0.25) is 10.0 Å². The minimum Gasteiger partial charge on any atom is -0.490 e. The van der Waals surface area contributed by atoms with E-state index in [2.05, 4.69) is 10.0 Å². The van der Waals surface area contributed by atoms with Gasteiger partial charge in [0.15, 0.2) is 5.75 Å². The Morgan fingerprint density at radius 1 is 1.38 bits per heavy atom. The smallest absolute Gasteiger partial charge is 0.312 e. The molecule has 2 N–H and O–H groups in total. The summed E-state index contributed by atoms with van der Waals surface area (Å²) in [5.74, 6) is 0.687. The molecule has 9 heteroatoms. The summed E-state index contributed by atoms with van der Waals surface area (Å²) in [6.07, 6.45) is 0. The van der Waals surface area contributed by atoms with Crippen molar-refractivity contribution in [1.29, 1.82) is 0 Å². The topological polar surface area (TPSA) is 111 Å². The number of nitro benzene ring substituents is 1. The van der Waals surface area contributed by atoms with E-state index in [1.54, 1.807) is 0 Å². The lowest BCUT2D eigenvalue weighted by atomic mass is 10.3. The van der Waals surface area contributed by atoms with Gasteiger partial charge in [0.1, 0.15) is 0 Å². The molecule has 0 radical (unpaired) electrons. The lowest BCUT2D eigenvalue weighted by Crippen LogP contribution is -2.32. The van der Waals surface area contributed by atoms with Crippen LogP contribution in [0.5, 0.6) is 5.75 Å². The zero-order valence-corrected chi connectivity index (χ0v) is 12.1. The van der Waals surface area contributed by atoms with Crippen molar-refractivity contribution in [2.24, 2.45) is 11.8 Å². The molecule has 2 aliphatic rings. The van der Waals surface area contributed by atoms with Crippen LogP contribution < -0.4 is 14.8 Å². The number of methoxy groups -OCH3 is 1. The summed E-state index contributed by atoms with van der Waals surface area (Å²) in [5, 5.41) is 14.1.